The lowest BCUT2D eigenvalue weighted by Gasteiger charge is -2.22. The molecule has 1 fully saturated rings. The molecule has 14 heteroatoms. The molecule has 0 saturated carbocycles. The maximum Gasteiger partial charge on any atom is 0.329 e. The van der Waals surface area contributed by atoms with E-state index < -0.39 is 51.0 Å². The number of rotatable bonds is 11. The second-order valence-corrected chi connectivity index (χ2v) is 12.2. The average molecular weight is 599 g/mol. The first kappa shape index (κ1) is 31.2. The minimum atomic E-state index is -3.94. The van der Waals surface area contributed by atoms with E-state index in [1.165, 1.54) is 28.6 Å². The first-order valence-corrected chi connectivity index (χ1v) is 14.7. The van der Waals surface area contributed by atoms with Crippen molar-refractivity contribution in [1.29, 1.82) is 0 Å². The number of nitrogens with one attached hydrogen (secondary N) is 2. The second-order valence-electron chi connectivity index (χ2n) is 9.87. The van der Waals surface area contributed by atoms with Crippen LogP contribution in [0, 0.1) is 21.8 Å². The highest BCUT2D eigenvalue weighted by Crippen LogP contribution is 2.31. The summed E-state index contributed by atoms with van der Waals surface area (Å²) >= 11 is 5.70. The van der Waals surface area contributed by atoms with Crippen molar-refractivity contribution >= 4 is 50.6 Å². The van der Waals surface area contributed by atoms with Crippen LogP contribution in [0.4, 0.5) is 21.5 Å². The van der Waals surface area contributed by atoms with Gasteiger partial charge in [-0.15, -0.1) is 0 Å². The molecule has 1 amide bonds. The Morgan fingerprint density at radius 1 is 1.12 bits per heavy atom. The molecule has 1 saturated heterocycles. The number of esters is 1. The number of halogens is 2. The zero-order valence-electron chi connectivity index (χ0n) is 22.2. The third-order valence-electron chi connectivity index (χ3n) is 6.24. The van der Waals surface area contributed by atoms with Gasteiger partial charge in [-0.1, -0.05) is 38.3 Å². The van der Waals surface area contributed by atoms with Crippen LogP contribution in [0.5, 0.6) is 0 Å². The maximum atomic E-state index is 13.3. The first-order chi connectivity index (χ1) is 18.9. The monoisotopic (exact) mass is 598 g/mol. The number of carbonyl (C=O) groups is 2. The van der Waals surface area contributed by atoms with E-state index in [9.17, 15) is 32.5 Å². The molecule has 1 aliphatic heterocycles. The SMILES string of the molecule is CC(C)C[C@@H](Nc1ccc(S(=O)(=O)N2CCCCCC2)cc1[N+](=O)[O-])C(=O)OCC(=O)Nc1ccc(F)c(Cl)c1. The van der Waals surface area contributed by atoms with E-state index in [0.29, 0.717) is 13.1 Å². The molecule has 1 atom stereocenters. The van der Waals surface area contributed by atoms with Crippen LogP contribution in [0.25, 0.3) is 0 Å². The van der Waals surface area contributed by atoms with Crippen molar-refractivity contribution in [2.45, 2.75) is 56.9 Å². The van der Waals surface area contributed by atoms with Crippen molar-refractivity contribution in [1.82, 2.24) is 4.31 Å². The van der Waals surface area contributed by atoms with Crippen LogP contribution in [0.15, 0.2) is 41.3 Å². The Labute approximate surface area is 237 Å². The van der Waals surface area contributed by atoms with E-state index in [4.69, 9.17) is 16.3 Å². The number of hydrogen-bond donors (Lipinski definition) is 2. The predicted octanol–water partition coefficient (Wildman–Crippen LogP) is 4.96. The van der Waals surface area contributed by atoms with Crippen LogP contribution in [0.3, 0.4) is 0 Å². The summed E-state index contributed by atoms with van der Waals surface area (Å²) in [5, 5.41) is 16.9. The van der Waals surface area contributed by atoms with Crippen LogP contribution in [-0.4, -0.2) is 55.3 Å². The molecular formula is C26H32ClFN4O7S. The number of benzene rings is 2. The number of ether oxygens (including phenoxy) is 1. The molecule has 2 aromatic rings. The molecule has 0 aromatic heterocycles. The van der Waals surface area contributed by atoms with Gasteiger partial charge >= 0.3 is 5.97 Å². The molecule has 0 spiro atoms. The van der Waals surface area contributed by atoms with Crippen molar-refractivity contribution in [3.8, 4) is 0 Å². The zero-order valence-corrected chi connectivity index (χ0v) is 23.8. The quantitative estimate of drug-likeness (QED) is 0.209. The van der Waals surface area contributed by atoms with Gasteiger partial charge in [0.1, 0.15) is 17.5 Å². The molecule has 0 bridgehead atoms. The van der Waals surface area contributed by atoms with Gasteiger partial charge in [0.2, 0.25) is 10.0 Å². The maximum absolute atomic E-state index is 13.3. The molecule has 11 nitrogen and oxygen atoms in total. The number of nitro benzene ring substituents is 1. The van der Waals surface area contributed by atoms with E-state index in [-0.39, 0.29) is 33.6 Å². The summed E-state index contributed by atoms with van der Waals surface area (Å²) in [5.41, 5.74) is -0.369. The van der Waals surface area contributed by atoms with Crippen LogP contribution in [0.2, 0.25) is 5.02 Å². The average Bonchev–Trinajstić information content (AvgIpc) is 3.19. The number of nitrogens with zero attached hydrogens (tertiary/aromatic N) is 2. The predicted molar refractivity (Wildman–Crippen MR) is 148 cm³/mol. The van der Waals surface area contributed by atoms with Gasteiger partial charge in [-0.05, 0) is 55.5 Å². The van der Waals surface area contributed by atoms with Gasteiger partial charge < -0.3 is 15.4 Å². The standard InChI is InChI=1S/C26H32ClFN4O7S/c1-17(2)13-23(26(34)39-16-25(33)29-18-7-9-21(28)20(27)14-18)30-22-10-8-19(15-24(22)32(35)36)40(37,38)31-11-5-3-4-6-12-31/h7-10,14-15,17,23,30H,3-6,11-13,16H2,1-2H3,(H,29,33)/t23-/m1/s1. The highest BCUT2D eigenvalue weighted by atomic mass is 35.5. The summed E-state index contributed by atoms with van der Waals surface area (Å²) in [6.45, 7) is 3.69. The van der Waals surface area contributed by atoms with E-state index in [0.717, 1.165) is 37.8 Å². The fourth-order valence-corrected chi connectivity index (χ4v) is 5.98. The Morgan fingerprint density at radius 3 is 2.40 bits per heavy atom. The normalized spacial score (nSPS) is 15.2. The summed E-state index contributed by atoms with van der Waals surface area (Å²) in [5.74, 6) is -2.23. The molecule has 218 valence electrons. The van der Waals surface area contributed by atoms with Crippen molar-refractivity contribution in [2.24, 2.45) is 5.92 Å². The van der Waals surface area contributed by atoms with Crippen LogP contribution < -0.4 is 10.6 Å². The van der Waals surface area contributed by atoms with Gasteiger partial charge in [0.05, 0.1) is 14.8 Å². The van der Waals surface area contributed by atoms with Crippen molar-refractivity contribution in [3.63, 3.8) is 0 Å². The molecule has 2 N–H and O–H groups in total. The summed E-state index contributed by atoms with van der Waals surface area (Å²) in [7, 11) is -3.94. The number of sulfonamides is 1. The van der Waals surface area contributed by atoms with Gasteiger partial charge in [-0.2, -0.15) is 4.31 Å². The van der Waals surface area contributed by atoms with E-state index in [2.05, 4.69) is 10.6 Å². The molecule has 3 rings (SSSR count). The fraction of sp³-hybridized carbons (Fsp3) is 0.462. The number of nitro groups is 1. The van der Waals surface area contributed by atoms with Crippen LogP contribution in [0.1, 0.15) is 46.0 Å². The van der Waals surface area contributed by atoms with E-state index in [1.807, 2.05) is 13.8 Å². The minimum Gasteiger partial charge on any atom is -0.454 e. The molecule has 2 aromatic carbocycles. The number of amides is 1. The van der Waals surface area contributed by atoms with E-state index in [1.54, 1.807) is 0 Å². The molecular weight excluding hydrogens is 567 g/mol. The third-order valence-corrected chi connectivity index (χ3v) is 8.42. The summed E-state index contributed by atoms with van der Waals surface area (Å²) < 4.78 is 46.1. The van der Waals surface area contributed by atoms with Gasteiger partial charge in [0.15, 0.2) is 6.61 Å². The van der Waals surface area contributed by atoms with Crippen LogP contribution in [-0.2, 0) is 24.3 Å². The lowest BCUT2D eigenvalue weighted by atomic mass is 10.0. The smallest absolute Gasteiger partial charge is 0.329 e. The molecule has 0 unspecified atom stereocenters. The first-order valence-electron chi connectivity index (χ1n) is 12.8. The lowest BCUT2D eigenvalue weighted by molar-refractivity contribution is -0.384. The fourth-order valence-electron chi connectivity index (χ4n) is 4.26. The number of hydrogen-bond acceptors (Lipinski definition) is 8. The number of anilines is 2. The minimum absolute atomic E-state index is 0.0398. The highest BCUT2D eigenvalue weighted by molar-refractivity contribution is 7.89. The van der Waals surface area contributed by atoms with Gasteiger partial charge in [0.25, 0.3) is 11.6 Å². The second kappa shape index (κ2) is 13.9. The Bertz CT molecular complexity index is 1350. The Morgan fingerprint density at radius 2 is 1.80 bits per heavy atom. The third kappa shape index (κ3) is 8.35. The zero-order chi connectivity index (χ0) is 29.4. The lowest BCUT2D eigenvalue weighted by Crippen LogP contribution is -2.35. The van der Waals surface area contributed by atoms with Crippen molar-refractivity contribution < 1.29 is 32.1 Å². The summed E-state index contributed by atoms with van der Waals surface area (Å²) in [6, 6.07) is 6.02. The van der Waals surface area contributed by atoms with Gasteiger partial charge in [-0.25, -0.2) is 17.6 Å². The topological polar surface area (TPSA) is 148 Å². The molecule has 0 aliphatic carbocycles. The molecule has 1 heterocycles. The summed E-state index contributed by atoms with van der Waals surface area (Å²) in [6.07, 6.45) is 3.49. The van der Waals surface area contributed by atoms with Gasteiger partial charge in [-0.3, -0.25) is 14.9 Å². The highest BCUT2D eigenvalue weighted by Gasteiger charge is 2.30. The largest absolute Gasteiger partial charge is 0.454 e. The Balaban J connectivity index is 1.74. The molecule has 1 aliphatic rings. The number of carbonyl (C=O) groups excluding carboxylic acids is 2. The Hall–Kier alpha value is -3.29. The van der Waals surface area contributed by atoms with Gasteiger partial charge in [0, 0.05) is 24.8 Å². The Kier molecular flexibility index (Phi) is 10.8. The molecule has 0 radical (unpaired) electrons. The van der Waals surface area contributed by atoms with Crippen molar-refractivity contribution in [2.75, 3.05) is 30.3 Å². The van der Waals surface area contributed by atoms with Crippen LogP contribution >= 0.6 is 11.6 Å². The summed E-state index contributed by atoms with van der Waals surface area (Å²) in [4.78, 5) is 36.1. The molecule has 40 heavy (non-hydrogen) atoms. The van der Waals surface area contributed by atoms with E-state index >= 15 is 0 Å². The van der Waals surface area contributed by atoms with Crippen molar-refractivity contribution in [3.05, 3.63) is 57.4 Å².